The molecule has 4 unspecified atom stereocenters. The lowest BCUT2D eigenvalue weighted by Crippen LogP contribution is -2.45. The van der Waals surface area contributed by atoms with Crippen molar-refractivity contribution in [2.24, 2.45) is 11.1 Å². The molecular weight excluding hydrogens is 354 g/mol. The number of fused-ring (bicyclic) bond motifs is 1. The molecule has 7 nitrogen and oxygen atoms in total. The quantitative estimate of drug-likeness (QED) is 0.793. The summed E-state index contributed by atoms with van der Waals surface area (Å²) in [5.74, 6) is -2.43. The van der Waals surface area contributed by atoms with Crippen molar-refractivity contribution in [3.05, 3.63) is 46.3 Å². The first-order valence-electron chi connectivity index (χ1n) is 7.88. The van der Waals surface area contributed by atoms with Crippen molar-refractivity contribution in [2.45, 2.75) is 24.9 Å². The van der Waals surface area contributed by atoms with E-state index >= 15 is 0 Å². The van der Waals surface area contributed by atoms with E-state index in [-0.39, 0.29) is 5.78 Å². The average Bonchev–Trinajstić information content (AvgIpc) is 3.24. The number of carbonyl (C=O) groups is 3. The highest BCUT2D eigenvalue weighted by atomic mass is 32.1. The monoisotopic (exact) mass is 371 g/mol. The number of hydrogen-bond acceptors (Lipinski definition) is 7. The fourth-order valence-corrected chi connectivity index (χ4v) is 4.53. The van der Waals surface area contributed by atoms with E-state index in [1.165, 1.54) is 31.6 Å². The van der Waals surface area contributed by atoms with Gasteiger partial charge in [0.25, 0.3) is 0 Å². The molecule has 0 aromatic carbocycles. The van der Waals surface area contributed by atoms with E-state index in [0.717, 1.165) is 0 Å². The van der Waals surface area contributed by atoms with Crippen molar-refractivity contribution < 1.29 is 19.1 Å². The number of nitrogens with two attached hydrogens (primary N) is 1. The molecule has 0 aliphatic carbocycles. The molecule has 2 aliphatic heterocycles. The molecule has 1 fully saturated rings. The molecule has 3 heterocycles. The zero-order valence-electron chi connectivity index (χ0n) is 14.2. The number of nitrogens with zero attached hydrogens (tertiary/aromatic N) is 2. The highest BCUT2D eigenvalue weighted by Crippen LogP contribution is 2.53. The van der Waals surface area contributed by atoms with Gasteiger partial charge in [0.2, 0.25) is 5.91 Å². The number of thiophene rings is 1. The maximum absolute atomic E-state index is 12.8. The lowest BCUT2D eigenvalue weighted by atomic mass is 9.69. The van der Waals surface area contributed by atoms with Crippen LogP contribution < -0.4 is 5.73 Å². The lowest BCUT2D eigenvalue weighted by molar-refractivity contribution is -0.150. The normalized spacial score (nSPS) is 29.5. The van der Waals surface area contributed by atoms with Crippen LogP contribution >= 0.6 is 11.3 Å². The zero-order chi connectivity index (χ0) is 19.1. The zero-order valence-corrected chi connectivity index (χ0v) is 15.0. The van der Waals surface area contributed by atoms with Crippen molar-refractivity contribution in [3.63, 3.8) is 0 Å². The van der Waals surface area contributed by atoms with E-state index in [2.05, 4.69) is 6.07 Å². The summed E-state index contributed by atoms with van der Waals surface area (Å²) in [6.07, 6.45) is 4.66. The molecule has 0 radical (unpaired) electrons. The highest BCUT2D eigenvalue weighted by Gasteiger charge is 2.66. The Hall–Kier alpha value is -2.92. The fraction of sp³-hybridized carbons (Fsp3) is 0.333. The summed E-state index contributed by atoms with van der Waals surface area (Å²) in [6, 6.07) is 2.13. The number of allylic oxidation sites excluding steroid dienone is 2. The van der Waals surface area contributed by atoms with Crippen LogP contribution in [0.25, 0.3) is 0 Å². The van der Waals surface area contributed by atoms with Gasteiger partial charge in [0.05, 0.1) is 19.2 Å². The second kappa shape index (κ2) is 6.42. The first-order chi connectivity index (χ1) is 12.4. The molecule has 4 atom stereocenters. The van der Waals surface area contributed by atoms with E-state index in [9.17, 15) is 19.6 Å². The summed E-state index contributed by atoms with van der Waals surface area (Å²) >= 11 is 1.39. The van der Waals surface area contributed by atoms with Gasteiger partial charge in [0.1, 0.15) is 6.04 Å². The molecule has 1 aromatic heterocycles. The minimum absolute atomic E-state index is 0.192. The van der Waals surface area contributed by atoms with Gasteiger partial charge >= 0.3 is 5.97 Å². The van der Waals surface area contributed by atoms with E-state index < -0.39 is 35.3 Å². The molecule has 1 saturated heterocycles. The van der Waals surface area contributed by atoms with Gasteiger partial charge < -0.3 is 15.4 Å². The van der Waals surface area contributed by atoms with Crippen molar-refractivity contribution in [1.29, 1.82) is 5.26 Å². The second-order valence-corrected chi connectivity index (χ2v) is 7.03. The molecule has 3 rings (SSSR count). The smallest absolute Gasteiger partial charge is 0.329 e. The summed E-state index contributed by atoms with van der Waals surface area (Å²) in [7, 11) is 1.21. The van der Waals surface area contributed by atoms with Crippen molar-refractivity contribution in [1.82, 2.24) is 4.90 Å². The minimum Gasteiger partial charge on any atom is -0.468 e. The fourth-order valence-electron chi connectivity index (χ4n) is 3.84. The molecule has 8 heteroatoms. The number of Topliss-reactive ketones (excluding diaryl/α,β-unsaturated/α-hetero) is 1. The third-order valence-electron chi connectivity index (χ3n) is 4.97. The van der Waals surface area contributed by atoms with Crippen LogP contribution in [0.5, 0.6) is 0 Å². The lowest BCUT2D eigenvalue weighted by Gasteiger charge is -2.32. The molecule has 0 spiro atoms. The van der Waals surface area contributed by atoms with E-state index in [0.29, 0.717) is 11.1 Å². The van der Waals surface area contributed by atoms with Crippen LogP contribution in [-0.2, 0) is 19.1 Å². The Labute approximate surface area is 154 Å². The van der Waals surface area contributed by atoms with Gasteiger partial charge in [-0.3, -0.25) is 14.4 Å². The maximum Gasteiger partial charge on any atom is 0.329 e. The Balaban J connectivity index is 2.28. The van der Waals surface area contributed by atoms with Crippen LogP contribution in [0.4, 0.5) is 0 Å². The number of ether oxygens (including phenoxy) is 1. The second-order valence-electron chi connectivity index (χ2n) is 6.25. The average molecular weight is 371 g/mol. The molecule has 134 valence electrons. The van der Waals surface area contributed by atoms with E-state index in [1.54, 1.807) is 33.9 Å². The van der Waals surface area contributed by atoms with Gasteiger partial charge in [-0.1, -0.05) is 12.2 Å². The SMILES string of the molecule is COC(=O)C1(C#N)C(c2ccsc2)C(C(N)=O)N2C=C(C(C)=O)C=CC21. The van der Waals surface area contributed by atoms with Gasteiger partial charge in [0.15, 0.2) is 11.2 Å². The van der Waals surface area contributed by atoms with Crippen molar-refractivity contribution >= 4 is 29.0 Å². The van der Waals surface area contributed by atoms with Gasteiger partial charge in [-0.2, -0.15) is 16.6 Å². The standard InChI is InChI=1S/C18H17N3O4S/c1-10(22)11-3-4-13-18(9-19,17(24)25-2)14(12-5-6-26-8-12)15(16(20)23)21(13)7-11/h3-8,13-15H,1-2H3,(H2,20,23). The Kier molecular flexibility index (Phi) is 4.42. The predicted molar refractivity (Wildman–Crippen MR) is 93.6 cm³/mol. The largest absolute Gasteiger partial charge is 0.468 e. The number of carbonyl (C=O) groups excluding carboxylic acids is 3. The number of nitriles is 1. The Bertz CT molecular complexity index is 867. The van der Waals surface area contributed by atoms with Crippen LogP contribution in [-0.4, -0.2) is 41.8 Å². The van der Waals surface area contributed by atoms with Gasteiger partial charge in [-0.05, 0) is 29.3 Å². The first-order valence-corrected chi connectivity index (χ1v) is 8.82. The summed E-state index contributed by atoms with van der Waals surface area (Å²) in [6.45, 7) is 1.40. The number of rotatable bonds is 4. The van der Waals surface area contributed by atoms with E-state index in [4.69, 9.17) is 10.5 Å². The molecule has 1 amide bonds. The number of ketones is 1. The van der Waals surface area contributed by atoms with Gasteiger partial charge in [0, 0.05) is 17.7 Å². The number of methoxy groups -OCH3 is 1. The van der Waals surface area contributed by atoms with Crippen LogP contribution in [0, 0.1) is 16.7 Å². The van der Waals surface area contributed by atoms with Gasteiger partial charge in [-0.15, -0.1) is 0 Å². The topological polar surface area (TPSA) is 113 Å². The third kappa shape index (κ3) is 2.35. The molecule has 2 aliphatic rings. The summed E-state index contributed by atoms with van der Waals surface area (Å²) < 4.78 is 4.95. The van der Waals surface area contributed by atoms with Gasteiger partial charge in [-0.25, -0.2) is 0 Å². The van der Waals surface area contributed by atoms with Crippen LogP contribution in [0.15, 0.2) is 40.8 Å². The molecule has 0 saturated carbocycles. The van der Waals surface area contributed by atoms with Crippen LogP contribution in [0.3, 0.4) is 0 Å². The van der Waals surface area contributed by atoms with E-state index in [1.807, 2.05) is 0 Å². The number of primary amides is 1. The highest BCUT2D eigenvalue weighted by molar-refractivity contribution is 7.08. The number of esters is 1. The molecular formula is C18H17N3O4S. The van der Waals surface area contributed by atoms with Crippen molar-refractivity contribution in [3.8, 4) is 6.07 Å². The summed E-state index contributed by atoms with van der Waals surface area (Å²) in [5, 5.41) is 13.6. The Morgan fingerprint density at radius 1 is 1.42 bits per heavy atom. The molecule has 0 bridgehead atoms. The molecule has 2 N–H and O–H groups in total. The summed E-state index contributed by atoms with van der Waals surface area (Å²) in [4.78, 5) is 38.4. The first kappa shape index (κ1) is 17.9. The molecule has 1 aromatic rings. The maximum atomic E-state index is 12.8. The Morgan fingerprint density at radius 2 is 2.15 bits per heavy atom. The number of hydrogen-bond donors (Lipinski definition) is 1. The Morgan fingerprint density at radius 3 is 2.65 bits per heavy atom. The third-order valence-corrected chi connectivity index (χ3v) is 5.67. The van der Waals surface area contributed by atoms with Crippen LogP contribution in [0.1, 0.15) is 18.4 Å². The van der Waals surface area contributed by atoms with Crippen LogP contribution in [0.2, 0.25) is 0 Å². The van der Waals surface area contributed by atoms with Crippen molar-refractivity contribution in [2.75, 3.05) is 7.11 Å². The minimum atomic E-state index is -1.66. The predicted octanol–water partition coefficient (Wildman–Crippen LogP) is 1.10. The molecule has 26 heavy (non-hydrogen) atoms. The summed E-state index contributed by atoms with van der Waals surface area (Å²) in [5.41, 5.74) is 5.03. The number of amides is 1.